The normalized spacial score (nSPS) is 25.7. The quantitative estimate of drug-likeness (QED) is 0.276. The zero-order chi connectivity index (χ0) is 23.3. The monoisotopic (exact) mass is 448 g/mol. The van der Waals surface area contributed by atoms with Gasteiger partial charge in [-0.25, -0.2) is 0 Å². The molecule has 0 amide bonds. The lowest BCUT2D eigenvalue weighted by Gasteiger charge is -2.38. The van der Waals surface area contributed by atoms with E-state index in [1.54, 1.807) is 0 Å². The van der Waals surface area contributed by atoms with Crippen LogP contribution in [0.25, 0.3) is 22.3 Å². The molecule has 2 heterocycles. The van der Waals surface area contributed by atoms with Crippen molar-refractivity contribution in [3.63, 3.8) is 0 Å². The van der Waals surface area contributed by atoms with Gasteiger partial charge in [-0.05, 0) is 31.2 Å². The molecule has 1 saturated heterocycles. The number of ether oxygens (including phenoxy) is 2. The third-order valence-electron chi connectivity index (χ3n) is 5.24. The maximum atomic E-state index is 12.6. The van der Waals surface area contributed by atoms with Crippen LogP contribution in [0, 0.1) is 0 Å². The van der Waals surface area contributed by atoms with Gasteiger partial charge in [0.2, 0.25) is 23.2 Å². The summed E-state index contributed by atoms with van der Waals surface area (Å²) in [4.78, 5) is 12.6. The van der Waals surface area contributed by atoms with Gasteiger partial charge in [0.15, 0.2) is 17.1 Å². The van der Waals surface area contributed by atoms with Crippen molar-refractivity contribution in [2.45, 2.75) is 37.6 Å². The van der Waals surface area contributed by atoms with E-state index >= 15 is 0 Å². The lowest BCUT2D eigenvalue weighted by atomic mass is 10.00. The number of phenols is 3. The van der Waals surface area contributed by atoms with Crippen LogP contribution in [0.2, 0.25) is 0 Å². The molecule has 0 spiro atoms. The summed E-state index contributed by atoms with van der Waals surface area (Å²) in [6.07, 6.45) is -7.14. The van der Waals surface area contributed by atoms with Gasteiger partial charge < -0.3 is 49.6 Å². The highest BCUT2D eigenvalue weighted by molar-refractivity contribution is 5.93. The van der Waals surface area contributed by atoms with Crippen LogP contribution in [0.3, 0.4) is 0 Å². The molecule has 0 bridgehead atoms. The molecule has 2 aromatic carbocycles. The van der Waals surface area contributed by atoms with Crippen molar-refractivity contribution >= 4 is 11.0 Å². The Morgan fingerprint density at radius 3 is 2.22 bits per heavy atom. The summed E-state index contributed by atoms with van der Waals surface area (Å²) in [5.74, 6) is -3.15. The fraction of sp³-hybridized carbons (Fsp3) is 0.286. The molecule has 170 valence electrons. The van der Waals surface area contributed by atoms with Gasteiger partial charge in [0.05, 0.1) is 6.10 Å². The summed E-state index contributed by atoms with van der Waals surface area (Å²) in [6.45, 7) is 1.43. The second-order valence-electron chi connectivity index (χ2n) is 7.40. The fourth-order valence-corrected chi connectivity index (χ4v) is 3.44. The maximum Gasteiger partial charge on any atom is 0.238 e. The van der Waals surface area contributed by atoms with Crippen molar-refractivity contribution in [2.24, 2.45) is 0 Å². The number of rotatable bonds is 3. The minimum Gasteiger partial charge on any atom is -0.508 e. The van der Waals surface area contributed by atoms with Crippen molar-refractivity contribution in [3.05, 3.63) is 40.6 Å². The predicted octanol–water partition coefficient (Wildman–Crippen LogP) is 0.489. The van der Waals surface area contributed by atoms with Gasteiger partial charge in [-0.2, -0.15) is 0 Å². The predicted molar refractivity (Wildman–Crippen MR) is 108 cm³/mol. The average molecular weight is 448 g/mol. The Hall–Kier alpha value is -3.51. The highest BCUT2D eigenvalue weighted by atomic mass is 16.7. The smallest absolute Gasteiger partial charge is 0.238 e. The lowest BCUT2D eigenvalue weighted by Crippen LogP contribution is -2.58. The highest BCUT2D eigenvalue weighted by Crippen LogP contribution is 2.43. The molecule has 11 nitrogen and oxygen atoms in total. The summed E-state index contributed by atoms with van der Waals surface area (Å²) in [6, 6.07) is 6.15. The molecule has 0 unspecified atom stereocenters. The summed E-state index contributed by atoms with van der Waals surface area (Å²) in [5.41, 5.74) is -1.36. The highest BCUT2D eigenvalue weighted by Gasteiger charge is 2.43. The Bertz CT molecular complexity index is 1220. The zero-order valence-corrected chi connectivity index (χ0v) is 16.5. The largest absolute Gasteiger partial charge is 0.508 e. The van der Waals surface area contributed by atoms with Gasteiger partial charge >= 0.3 is 0 Å². The van der Waals surface area contributed by atoms with Crippen LogP contribution in [0.15, 0.2) is 39.5 Å². The molecule has 0 radical (unpaired) electrons. The van der Waals surface area contributed by atoms with E-state index < -0.39 is 70.1 Å². The summed E-state index contributed by atoms with van der Waals surface area (Å²) in [7, 11) is 0. The lowest BCUT2D eigenvalue weighted by molar-refractivity contribution is -0.268. The van der Waals surface area contributed by atoms with E-state index in [9.17, 15) is 40.5 Å². The van der Waals surface area contributed by atoms with Crippen molar-refractivity contribution in [1.82, 2.24) is 0 Å². The standard InChI is InChI=1S/C21H20O11/c1-7-13(24)16(27)18(29)21(30-7)31-11-6-10(23)12-15(26)17(28)19(32-20(12)14(11)25)8-2-4-9(22)5-3-8/h2-7,13,16,18,21-25,27-29H,1H3/t7-,13-,16+,18+,21+/m0/s1. The van der Waals surface area contributed by atoms with Crippen LogP contribution in [0.4, 0.5) is 0 Å². The minimum atomic E-state index is -1.70. The number of benzene rings is 2. The molecule has 5 atom stereocenters. The van der Waals surface area contributed by atoms with E-state index in [2.05, 4.69) is 0 Å². The van der Waals surface area contributed by atoms with E-state index in [4.69, 9.17) is 13.9 Å². The molecular weight excluding hydrogens is 428 g/mol. The number of hydrogen-bond acceptors (Lipinski definition) is 11. The van der Waals surface area contributed by atoms with Crippen molar-refractivity contribution < 1.29 is 49.6 Å². The molecule has 1 aromatic heterocycles. The molecule has 1 fully saturated rings. The Balaban J connectivity index is 1.82. The number of aromatic hydroxyl groups is 4. The van der Waals surface area contributed by atoms with E-state index in [0.717, 1.165) is 6.07 Å². The van der Waals surface area contributed by atoms with E-state index in [-0.39, 0.29) is 17.1 Å². The Morgan fingerprint density at radius 2 is 1.56 bits per heavy atom. The van der Waals surface area contributed by atoms with Crippen LogP contribution in [0.5, 0.6) is 28.7 Å². The third-order valence-corrected chi connectivity index (χ3v) is 5.24. The Labute approximate surface area is 179 Å². The van der Waals surface area contributed by atoms with Crippen molar-refractivity contribution in [2.75, 3.05) is 0 Å². The summed E-state index contributed by atoms with van der Waals surface area (Å²) < 4.78 is 16.2. The van der Waals surface area contributed by atoms with E-state index in [0.29, 0.717) is 0 Å². The zero-order valence-electron chi connectivity index (χ0n) is 16.5. The fourth-order valence-electron chi connectivity index (χ4n) is 3.44. The number of aliphatic hydroxyl groups is 3. The molecule has 0 aliphatic carbocycles. The Kier molecular flexibility index (Phi) is 5.34. The Morgan fingerprint density at radius 1 is 0.906 bits per heavy atom. The summed E-state index contributed by atoms with van der Waals surface area (Å²) >= 11 is 0. The van der Waals surface area contributed by atoms with Gasteiger partial charge in [-0.3, -0.25) is 4.79 Å². The number of phenolic OH excluding ortho intramolecular Hbond substituents is 3. The average Bonchev–Trinajstić information content (AvgIpc) is 2.76. The number of hydrogen-bond donors (Lipinski definition) is 7. The first-order valence-electron chi connectivity index (χ1n) is 9.50. The van der Waals surface area contributed by atoms with Crippen LogP contribution in [-0.4, -0.2) is 66.5 Å². The molecule has 4 rings (SSSR count). The van der Waals surface area contributed by atoms with Crippen LogP contribution >= 0.6 is 0 Å². The van der Waals surface area contributed by atoms with Crippen molar-refractivity contribution in [1.29, 1.82) is 0 Å². The topological polar surface area (TPSA) is 190 Å². The summed E-state index contributed by atoms with van der Waals surface area (Å²) in [5, 5.41) is 70.0. The molecule has 11 heteroatoms. The second-order valence-corrected chi connectivity index (χ2v) is 7.40. The SMILES string of the molecule is C[C@@H]1O[C@H](Oc2cc(O)c3c(=O)c(O)c(-c4ccc(O)cc4)oc3c2O)[C@H](O)[C@H](O)[C@H]1O. The van der Waals surface area contributed by atoms with Gasteiger partial charge in [0.25, 0.3) is 0 Å². The van der Waals surface area contributed by atoms with E-state index in [1.807, 2.05) is 0 Å². The molecule has 3 aromatic rings. The van der Waals surface area contributed by atoms with E-state index in [1.165, 1.54) is 31.2 Å². The van der Waals surface area contributed by atoms with Crippen LogP contribution < -0.4 is 10.2 Å². The molecule has 1 aliphatic rings. The first-order chi connectivity index (χ1) is 15.1. The third kappa shape index (κ3) is 3.46. The maximum absolute atomic E-state index is 12.6. The minimum absolute atomic E-state index is 0.0693. The number of fused-ring (bicyclic) bond motifs is 1. The molecule has 32 heavy (non-hydrogen) atoms. The van der Waals surface area contributed by atoms with Gasteiger partial charge in [0.1, 0.15) is 35.2 Å². The van der Waals surface area contributed by atoms with Gasteiger partial charge in [0, 0.05) is 11.6 Å². The second kappa shape index (κ2) is 7.88. The first kappa shape index (κ1) is 21.7. The van der Waals surface area contributed by atoms with Gasteiger partial charge in [-0.1, -0.05) is 0 Å². The molecule has 0 saturated carbocycles. The van der Waals surface area contributed by atoms with Crippen LogP contribution in [-0.2, 0) is 4.74 Å². The van der Waals surface area contributed by atoms with Crippen molar-refractivity contribution in [3.8, 4) is 40.1 Å². The van der Waals surface area contributed by atoms with Crippen LogP contribution in [0.1, 0.15) is 6.92 Å². The first-order valence-corrected chi connectivity index (χ1v) is 9.50. The number of aliphatic hydroxyl groups excluding tert-OH is 3. The molecule has 7 N–H and O–H groups in total. The van der Waals surface area contributed by atoms with Gasteiger partial charge in [-0.15, -0.1) is 0 Å². The molecule has 1 aliphatic heterocycles. The molecular formula is C21H20O11.